The van der Waals surface area contributed by atoms with Crippen molar-refractivity contribution in [1.29, 1.82) is 0 Å². The van der Waals surface area contributed by atoms with E-state index in [1.165, 1.54) is 31.4 Å². The van der Waals surface area contributed by atoms with Crippen molar-refractivity contribution in [2.45, 2.75) is 0 Å². The quantitative estimate of drug-likeness (QED) is 0.756. The van der Waals surface area contributed by atoms with Crippen LogP contribution in [0.1, 0.15) is 20.7 Å². The summed E-state index contributed by atoms with van der Waals surface area (Å²) in [6.45, 7) is 0. The highest BCUT2D eigenvalue weighted by Crippen LogP contribution is 2.24. The summed E-state index contributed by atoms with van der Waals surface area (Å²) in [5.74, 6) is -0.893. The van der Waals surface area contributed by atoms with Crippen LogP contribution in [0.2, 0.25) is 10.0 Å². The molecule has 0 saturated carbocycles. The standard InChI is InChI=1S/C15H10BrCl2NO4/c1-22-9-3-4-11(16)10(7-9)15(21)23-19-14(20)8-2-5-12(17)13(18)6-8/h2-7H,1H3,(H,19,20). The van der Waals surface area contributed by atoms with Crippen molar-refractivity contribution in [3.63, 3.8) is 0 Å². The van der Waals surface area contributed by atoms with Crippen LogP contribution < -0.4 is 10.2 Å². The van der Waals surface area contributed by atoms with Crippen molar-refractivity contribution in [2.24, 2.45) is 0 Å². The maximum absolute atomic E-state index is 12.0. The van der Waals surface area contributed by atoms with Crippen LogP contribution in [0.3, 0.4) is 0 Å². The fourth-order valence-corrected chi connectivity index (χ4v) is 2.34. The molecule has 0 aliphatic heterocycles. The van der Waals surface area contributed by atoms with Gasteiger partial charge in [-0.1, -0.05) is 23.2 Å². The van der Waals surface area contributed by atoms with E-state index in [-0.39, 0.29) is 16.1 Å². The number of ether oxygens (including phenoxy) is 1. The summed E-state index contributed by atoms with van der Waals surface area (Å²) in [5.41, 5.74) is 2.47. The second-order valence-electron chi connectivity index (χ2n) is 4.30. The zero-order chi connectivity index (χ0) is 17.0. The number of methoxy groups -OCH3 is 1. The predicted octanol–water partition coefficient (Wildman–Crippen LogP) is 4.27. The molecule has 2 aromatic rings. The van der Waals surface area contributed by atoms with Gasteiger partial charge in [-0.3, -0.25) is 4.79 Å². The van der Waals surface area contributed by atoms with Crippen LogP contribution in [0.25, 0.3) is 0 Å². The van der Waals surface area contributed by atoms with Crippen LogP contribution in [0.4, 0.5) is 0 Å². The van der Waals surface area contributed by atoms with E-state index in [1.807, 2.05) is 0 Å². The maximum atomic E-state index is 12.0. The number of halogens is 3. The highest BCUT2D eigenvalue weighted by Gasteiger charge is 2.16. The van der Waals surface area contributed by atoms with Gasteiger partial charge in [-0.2, -0.15) is 5.48 Å². The van der Waals surface area contributed by atoms with E-state index in [2.05, 4.69) is 21.4 Å². The Balaban J connectivity index is 2.06. The lowest BCUT2D eigenvalue weighted by Gasteiger charge is -2.08. The summed E-state index contributed by atoms with van der Waals surface area (Å²) in [6, 6.07) is 9.09. The molecular weight excluding hydrogens is 409 g/mol. The molecular formula is C15H10BrCl2NO4. The van der Waals surface area contributed by atoms with Gasteiger partial charge < -0.3 is 9.57 Å². The monoisotopic (exact) mass is 417 g/mol. The first-order valence-electron chi connectivity index (χ1n) is 6.22. The SMILES string of the molecule is COc1ccc(Br)c(C(=O)ONC(=O)c2ccc(Cl)c(Cl)c2)c1. The third kappa shape index (κ3) is 4.37. The number of amides is 1. The minimum atomic E-state index is -0.746. The first-order valence-corrected chi connectivity index (χ1v) is 7.77. The second-order valence-corrected chi connectivity index (χ2v) is 5.96. The van der Waals surface area contributed by atoms with E-state index in [1.54, 1.807) is 12.1 Å². The van der Waals surface area contributed by atoms with Crippen molar-refractivity contribution in [1.82, 2.24) is 5.48 Å². The van der Waals surface area contributed by atoms with Gasteiger partial charge in [-0.25, -0.2) is 4.79 Å². The summed E-state index contributed by atoms with van der Waals surface area (Å²) in [6.07, 6.45) is 0. The van der Waals surface area contributed by atoms with Crippen LogP contribution in [0, 0.1) is 0 Å². The fraction of sp³-hybridized carbons (Fsp3) is 0.0667. The number of hydrogen-bond donors (Lipinski definition) is 1. The molecule has 1 N–H and O–H groups in total. The molecule has 0 radical (unpaired) electrons. The highest BCUT2D eigenvalue weighted by molar-refractivity contribution is 9.10. The molecule has 120 valence electrons. The van der Waals surface area contributed by atoms with Gasteiger partial charge in [0.2, 0.25) is 0 Å². The molecule has 2 rings (SSSR count). The van der Waals surface area contributed by atoms with Crippen LogP contribution in [0.15, 0.2) is 40.9 Å². The third-order valence-electron chi connectivity index (χ3n) is 2.81. The largest absolute Gasteiger partial charge is 0.497 e. The first kappa shape index (κ1) is 17.6. The van der Waals surface area contributed by atoms with Crippen molar-refractivity contribution < 1.29 is 19.2 Å². The Kier molecular flexibility index (Phi) is 5.87. The summed E-state index contributed by atoms with van der Waals surface area (Å²) in [4.78, 5) is 28.7. The lowest BCUT2D eigenvalue weighted by Crippen LogP contribution is -2.27. The Morgan fingerprint density at radius 2 is 1.83 bits per heavy atom. The average Bonchev–Trinajstić information content (AvgIpc) is 2.55. The lowest BCUT2D eigenvalue weighted by atomic mass is 10.2. The van der Waals surface area contributed by atoms with Gasteiger partial charge in [-0.05, 0) is 52.3 Å². The summed E-state index contributed by atoms with van der Waals surface area (Å²) in [7, 11) is 1.48. The molecule has 23 heavy (non-hydrogen) atoms. The van der Waals surface area contributed by atoms with Gasteiger partial charge in [0.05, 0.1) is 22.7 Å². The number of carbonyl (C=O) groups is 2. The molecule has 8 heteroatoms. The highest BCUT2D eigenvalue weighted by atomic mass is 79.9. The Morgan fingerprint density at radius 3 is 2.48 bits per heavy atom. The second kappa shape index (κ2) is 7.68. The Morgan fingerprint density at radius 1 is 1.09 bits per heavy atom. The van der Waals surface area contributed by atoms with Crippen LogP contribution in [-0.4, -0.2) is 19.0 Å². The van der Waals surface area contributed by atoms with Crippen molar-refractivity contribution >= 4 is 51.0 Å². The van der Waals surface area contributed by atoms with Crippen molar-refractivity contribution in [3.8, 4) is 5.75 Å². The fourth-order valence-electron chi connectivity index (χ4n) is 1.63. The summed E-state index contributed by atoms with van der Waals surface area (Å²) in [5, 5.41) is 0.543. The van der Waals surface area contributed by atoms with E-state index in [9.17, 15) is 9.59 Å². The maximum Gasteiger partial charge on any atom is 0.364 e. The Labute approximate surface area is 150 Å². The van der Waals surface area contributed by atoms with E-state index in [4.69, 9.17) is 32.8 Å². The number of nitrogens with one attached hydrogen (secondary N) is 1. The average molecular weight is 419 g/mol. The molecule has 5 nitrogen and oxygen atoms in total. The number of benzene rings is 2. The molecule has 0 atom stereocenters. The molecule has 0 saturated heterocycles. The van der Waals surface area contributed by atoms with Gasteiger partial charge in [0, 0.05) is 10.0 Å². The summed E-state index contributed by atoms with van der Waals surface area (Å²) < 4.78 is 5.54. The third-order valence-corrected chi connectivity index (χ3v) is 4.24. The Hall–Kier alpha value is -1.76. The van der Waals surface area contributed by atoms with Crippen molar-refractivity contribution in [3.05, 3.63) is 62.0 Å². The number of carbonyl (C=O) groups excluding carboxylic acids is 2. The minimum absolute atomic E-state index is 0.205. The molecule has 0 aromatic heterocycles. The van der Waals surface area contributed by atoms with E-state index in [0.717, 1.165) is 0 Å². The van der Waals surface area contributed by atoms with Gasteiger partial charge in [0.15, 0.2) is 0 Å². The number of rotatable bonds is 3. The molecule has 2 aromatic carbocycles. The Bertz CT molecular complexity index is 767. The molecule has 0 unspecified atom stereocenters. The zero-order valence-corrected chi connectivity index (χ0v) is 14.8. The van der Waals surface area contributed by atoms with Crippen LogP contribution >= 0.6 is 39.1 Å². The van der Waals surface area contributed by atoms with Crippen LogP contribution in [-0.2, 0) is 4.84 Å². The van der Waals surface area contributed by atoms with E-state index in [0.29, 0.717) is 15.2 Å². The van der Waals surface area contributed by atoms with Crippen LogP contribution in [0.5, 0.6) is 5.75 Å². The molecule has 0 aliphatic rings. The van der Waals surface area contributed by atoms with Gasteiger partial charge in [0.1, 0.15) is 5.75 Å². The molecule has 0 aliphatic carbocycles. The molecule has 0 spiro atoms. The summed E-state index contributed by atoms with van der Waals surface area (Å²) >= 11 is 14.8. The van der Waals surface area contributed by atoms with Gasteiger partial charge in [0.25, 0.3) is 5.91 Å². The minimum Gasteiger partial charge on any atom is -0.497 e. The molecule has 0 fully saturated rings. The zero-order valence-electron chi connectivity index (χ0n) is 11.7. The molecule has 0 heterocycles. The molecule has 1 amide bonds. The number of hydrogen-bond acceptors (Lipinski definition) is 4. The van der Waals surface area contributed by atoms with Gasteiger partial charge >= 0.3 is 5.97 Å². The number of hydroxylamine groups is 1. The van der Waals surface area contributed by atoms with E-state index < -0.39 is 11.9 Å². The van der Waals surface area contributed by atoms with Gasteiger partial charge in [-0.15, -0.1) is 0 Å². The smallest absolute Gasteiger partial charge is 0.364 e. The predicted molar refractivity (Wildman–Crippen MR) is 90.0 cm³/mol. The normalized spacial score (nSPS) is 10.1. The lowest BCUT2D eigenvalue weighted by molar-refractivity contribution is 0.0229. The first-order chi connectivity index (χ1) is 10.9. The van der Waals surface area contributed by atoms with E-state index >= 15 is 0 Å². The molecule has 0 bridgehead atoms. The van der Waals surface area contributed by atoms with Crippen molar-refractivity contribution in [2.75, 3.05) is 7.11 Å². The topological polar surface area (TPSA) is 64.6 Å².